The van der Waals surface area contributed by atoms with Crippen LogP contribution in [0.2, 0.25) is 0 Å². The fourth-order valence-corrected chi connectivity index (χ4v) is 4.69. The van der Waals surface area contributed by atoms with Gasteiger partial charge in [0.1, 0.15) is 0 Å². The third kappa shape index (κ3) is 6.30. The molecule has 0 atom stereocenters. The number of aromatic nitrogens is 2. The van der Waals surface area contributed by atoms with Crippen molar-refractivity contribution in [3.05, 3.63) is 35.4 Å². The van der Waals surface area contributed by atoms with Gasteiger partial charge in [0.25, 0.3) is 5.91 Å². The summed E-state index contributed by atoms with van der Waals surface area (Å²) < 4.78 is 0.894. The standard InChI is InChI=1S/C20H28N4OS2/c1-14(2)13-26-20-23-22-19(27-20)21-18(25)17-6-4-16(5-7-17)12-24-10-8-15(3)9-11-24/h4-7,14-15H,8-13H2,1-3H3,(H,21,22,25). The van der Waals surface area contributed by atoms with Gasteiger partial charge >= 0.3 is 0 Å². The van der Waals surface area contributed by atoms with Gasteiger partial charge in [-0.1, -0.05) is 56.0 Å². The number of nitrogens with one attached hydrogen (secondary N) is 1. The maximum absolute atomic E-state index is 12.4. The molecule has 1 amide bonds. The van der Waals surface area contributed by atoms with Crippen LogP contribution in [-0.2, 0) is 6.54 Å². The highest BCUT2D eigenvalue weighted by Crippen LogP contribution is 2.27. The zero-order valence-corrected chi connectivity index (χ0v) is 17.9. The Bertz CT molecular complexity index is 737. The maximum atomic E-state index is 12.4. The number of benzene rings is 1. The minimum atomic E-state index is -0.134. The number of likely N-dealkylation sites (tertiary alicyclic amines) is 1. The zero-order valence-electron chi connectivity index (χ0n) is 16.3. The van der Waals surface area contributed by atoms with Crippen LogP contribution in [0.5, 0.6) is 0 Å². The topological polar surface area (TPSA) is 58.1 Å². The van der Waals surface area contributed by atoms with Crippen LogP contribution in [0.4, 0.5) is 5.13 Å². The van der Waals surface area contributed by atoms with Crippen LogP contribution >= 0.6 is 23.1 Å². The van der Waals surface area contributed by atoms with Crippen LogP contribution in [0.3, 0.4) is 0 Å². The average Bonchev–Trinajstić information content (AvgIpc) is 3.10. The lowest BCUT2D eigenvalue weighted by Crippen LogP contribution is -2.32. The van der Waals surface area contributed by atoms with E-state index in [2.05, 4.69) is 53.3 Å². The molecule has 3 rings (SSSR count). The van der Waals surface area contributed by atoms with Gasteiger partial charge < -0.3 is 0 Å². The molecule has 2 heterocycles. The summed E-state index contributed by atoms with van der Waals surface area (Å²) >= 11 is 3.11. The first-order valence-electron chi connectivity index (χ1n) is 9.58. The van der Waals surface area contributed by atoms with Gasteiger partial charge in [0.15, 0.2) is 4.34 Å². The molecule has 5 nitrogen and oxygen atoms in total. The highest BCUT2D eigenvalue weighted by atomic mass is 32.2. The first kappa shape index (κ1) is 20.3. The number of amides is 1. The van der Waals surface area contributed by atoms with Gasteiger partial charge in [0.05, 0.1) is 0 Å². The fraction of sp³-hybridized carbons (Fsp3) is 0.550. The van der Waals surface area contributed by atoms with E-state index in [9.17, 15) is 4.79 Å². The monoisotopic (exact) mass is 404 g/mol. The molecule has 1 aliphatic rings. The number of carbonyl (C=O) groups excluding carboxylic acids is 1. The molecule has 0 spiro atoms. The lowest BCUT2D eigenvalue weighted by atomic mass is 9.99. The molecule has 1 aromatic carbocycles. The molecule has 146 valence electrons. The first-order chi connectivity index (χ1) is 13.0. The second-order valence-corrected chi connectivity index (χ2v) is 9.93. The van der Waals surface area contributed by atoms with Gasteiger partial charge in [-0.2, -0.15) is 0 Å². The van der Waals surface area contributed by atoms with Crippen LogP contribution in [0.15, 0.2) is 28.6 Å². The molecule has 1 N–H and O–H groups in total. The van der Waals surface area contributed by atoms with E-state index >= 15 is 0 Å². The van der Waals surface area contributed by atoms with Crippen molar-refractivity contribution in [2.75, 3.05) is 24.2 Å². The third-order valence-electron chi connectivity index (χ3n) is 4.67. The zero-order chi connectivity index (χ0) is 19.2. The van der Waals surface area contributed by atoms with E-state index in [4.69, 9.17) is 0 Å². The lowest BCUT2D eigenvalue weighted by Gasteiger charge is -2.30. The Kier molecular flexibility index (Phi) is 7.26. The van der Waals surface area contributed by atoms with Crippen molar-refractivity contribution in [2.45, 2.75) is 44.5 Å². The van der Waals surface area contributed by atoms with Crippen molar-refractivity contribution in [1.29, 1.82) is 0 Å². The molecule has 0 saturated carbocycles. The van der Waals surface area contributed by atoms with E-state index < -0.39 is 0 Å². The maximum Gasteiger partial charge on any atom is 0.257 e. The Labute approximate surface area is 170 Å². The van der Waals surface area contributed by atoms with Crippen LogP contribution in [0, 0.1) is 11.8 Å². The van der Waals surface area contributed by atoms with Crippen molar-refractivity contribution in [3.63, 3.8) is 0 Å². The number of nitrogens with zero attached hydrogens (tertiary/aromatic N) is 3. The third-order valence-corrected chi connectivity index (χ3v) is 7.06. The second kappa shape index (κ2) is 9.66. The van der Waals surface area contributed by atoms with E-state index in [-0.39, 0.29) is 5.91 Å². The predicted molar refractivity (Wildman–Crippen MR) is 114 cm³/mol. The van der Waals surface area contributed by atoms with Crippen molar-refractivity contribution in [3.8, 4) is 0 Å². The van der Waals surface area contributed by atoms with Crippen molar-refractivity contribution in [1.82, 2.24) is 15.1 Å². The van der Waals surface area contributed by atoms with Gasteiger partial charge in [-0.05, 0) is 55.5 Å². The molecule has 0 radical (unpaired) electrons. The molecule has 1 aromatic heterocycles. The summed E-state index contributed by atoms with van der Waals surface area (Å²) in [4.78, 5) is 14.9. The van der Waals surface area contributed by atoms with Crippen LogP contribution < -0.4 is 5.32 Å². The smallest absolute Gasteiger partial charge is 0.257 e. The number of piperidine rings is 1. The Balaban J connectivity index is 1.51. The highest BCUT2D eigenvalue weighted by Gasteiger charge is 2.16. The summed E-state index contributed by atoms with van der Waals surface area (Å²) in [6.45, 7) is 9.96. The minimum absolute atomic E-state index is 0.134. The SMILES string of the molecule is CC(C)CSc1nnc(NC(=O)c2ccc(CN3CCC(C)CC3)cc2)s1. The predicted octanol–water partition coefficient (Wildman–Crippen LogP) is 4.77. The Morgan fingerprint density at radius 1 is 1.26 bits per heavy atom. The van der Waals surface area contributed by atoms with Crippen molar-refractivity contribution >= 4 is 34.1 Å². The van der Waals surface area contributed by atoms with Gasteiger partial charge in [-0.15, -0.1) is 10.2 Å². The van der Waals surface area contributed by atoms with E-state index in [1.165, 1.54) is 29.7 Å². The van der Waals surface area contributed by atoms with Crippen LogP contribution in [-0.4, -0.2) is 39.8 Å². The first-order valence-corrected chi connectivity index (χ1v) is 11.4. The highest BCUT2D eigenvalue weighted by molar-refractivity contribution is 8.01. The minimum Gasteiger partial charge on any atom is -0.299 e. The summed E-state index contributed by atoms with van der Waals surface area (Å²) in [6.07, 6.45) is 2.56. The molecule has 0 aliphatic carbocycles. The Morgan fingerprint density at radius 2 is 1.96 bits per heavy atom. The summed E-state index contributed by atoms with van der Waals surface area (Å²) in [5, 5.41) is 11.6. The van der Waals surface area contributed by atoms with Crippen molar-refractivity contribution < 1.29 is 4.79 Å². The number of hydrogen-bond donors (Lipinski definition) is 1. The summed E-state index contributed by atoms with van der Waals surface area (Å²) in [6, 6.07) is 7.90. The quantitative estimate of drug-likeness (QED) is 0.532. The Hall–Kier alpha value is -1.44. The number of thioether (sulfide) groups is 1. The molecule has 1 fully saturated rings. The van der Waals surface area contributed by atoms with Gasteiger partial charge in [0.2, 0.25) is 5.13 Å². The summed E-state index contributed by atoms with van der Waals surface area (Å²) in [5.41, 5.74) is 1.90. The number of rotatable bonds is 7. The molecule has 2 aromatic rings. The normalized spacial score (nSPS) is 16.0. The van der Waals surface area contributed by atoms with E-state index in [0.717, 1.165) is 35.6 Å². The van der Waals surface area contributed by atoms with Crippen molar-refractivity contribution in [2.24, 2.45) is 11.8 Å². The van der Waals surface area contributed by atoms with Gasteiger partial charge in [0, 0.05) is 17.9 Å². The fourth-order valence-electron chi connectivity index (χ4n) is 2.97. The molecule has 0 bridgehead atoms. The largest absolute Gasteiger partial charge is 0.299 e. The Morgan fingerprint density at radius 3 is 2.63 bits per heavy atom. The molecular formula is C20H28N4OS2. The second-order valence-electron chi connectivity index (χ2n) is 7.69. The van der Waals surface area contributed by atoms with Crippen LogP contribution in [0.1, 0.15) is 49.5 Å². The number of hydrogen-bond acceptors (Lipinski definition) is 6. The molecule has 1 aliphatic heterocycles. The average molecular weight is 405 g/mol. The summed E-state index contributed by atoms with van der Waals surface area (Å²) in [7, 11) is 0. The molecule has 0 unspecified atom stereocenters. The van der Waals surface area contributed by atoms with Crippen LogP contribution in [0.25, 0.3) is 0 Å². The van der Waals surface area contributed by atoms with E-state index in [1.807, 2.05) is 12.1 Å². The summed E-state index contributed by atoms with van der Waals surface area (Å²) in [5.74, 6) is 2.31. The lowest BCUT2D eigenvalue weighted by molar-refractivity contribution is 0.102. The molecular weight excluding hydrogens is 376 g/mol. The number of anilines is 1. The molecule has 7 heteroatoms. The number of carbonyl (C=O) groups is 1. The van der Waals surface area contributed by atoms with Gasteiger partial charge in [-0.25, -0.2) is 0 Å². The van der Waals surface area contributed by atoms with E-state index in [1.54, 1.807) is 11.8 Å². The molecule has 27 heavy (non-hydrogen) atoms. The molecule has 1 saturated heterocycles. The van der Waals surface area contributed by atoms with E-state index in [0.29, 0.717) is 16.6 Å². The van der Waals surface area contributed by atoms with Gasteiger partial charge in [-0.3, -0.25) is 15.0 Å².